The molecule has 0 aliphatic rings. The van der Waals surface area contributed by atoms with Gasteiger partial charge in [0, 0.05) is 0 Å². The Balaban J connectivity index is 2.48. The van der Waals surface area contributed by atoms with E-state index in [0.29, 0.717) is 6.42 Å². The summed E-state index contributed by atoms with van der Waals surface area (Å²) in [5.41, 5.74) is 0.870. The van der Waals surface area contributed by atoms with Gasteiger partial charge in [-0.2, -0.15) is 17.0 Å². The first kappa shape index (κ1) is 18.8. The van der Waals surface area contributed by atoms with Gasteiger partial charge < -0.3 is 15.4 Å². The van der Waals surface area contributed by atoms with Gasteiger partial charge in [0.1, 0.15) is 19.2 Å². The summed E-state index contributed by atoms with van der Waals surface area (Å²) in [7, 11) is 0. The summed E-state index contributed by atoms with van der Waals surface area (Å²) in [5.74, 6) is 1.30. The van der Waals surface area contributed by atoms with Crippen LogP contribution in [0, 0.1) is 11.3 Å². The van der Waals surface area contributed by atoms with Crippen molar-refractivity contribution in [1.29, 1.82) is 5.26 Å². The van der Waals surface area contributed by atoms with Crippen molar-refractivity contribution in [3.8, 4) is 6.07 Å². The largest absolute Gasteiger partial charge is 0.445 e. The monoisotopic (exact) mass is 335 g/mol. The topological polar surface area (TPSA) is 91.2 Å². The van der Waals surface area contributed by atoms with Crippen LogP contribution in [0.5, 0.6) is 0 Å². The van der Waals surface area contributed by atoms with E-state index in [1.165, 1.54) is 0 Å². The molecule has 0 fully saturated rings. The number of ether oxygens (including phenoxy) is 1. The van der Waals surface area contributed by atoms with Crippen LogP contribution in [0.1, 0.15) is 18.9 Å². The van der Waals surface area contributed by atoms with Crippen LogP contribution in [0.15, 0.2) is 30.3 Å². The summed E-state index contributed by atoms with van der Waals surface area (Å²) in [4.78, 5) is 23.8. The van der Waals surface area contributed by atoms with E-state index in [0.717, 1.165) is 17.1 Å². The molecule has 1 atom stereocenters. The molecule has 1 aromatic rings. The Bertz CT molecular complexity index is 531. The lowest BCUT2D eigenvalue weighted by molar-refractivity contribution is -0.122. The van der Waals surface area contributed by atoms with Crippen LogP contribution in [0.2, 0.25) is 0 Å². The highest BCUT2D eigenvalue weighted by atomic mass is 32.2. The van der Waals surface area contributed by atoms with E-state index in [2.05, 4.69) is 10.6 Å². The van der Waals surface area contributed by atoms with E-state index in [-0.39, 0.29) is 19.1 Å². The highest BCUT2D eigenvalue weighted by Crippen LogP contribution is 2.06. The minimum atomic E-state index is -0.703. The average molecular weight is 335 g/mol. The van der Waals surface area contributed by atoms with E-state index in [1.807, 2.05) is 43.3 Å². The van der Waals surface area contributed by atoms with E-state index < -0.39 is 12.1 Å². The van der Waals surface area contributed by atoms with Crippen molar-refractivity contribution < 1.29 is 14.3 Å². The summed E-state index contributed by atoms with van der Waals surface area (Å²) < 4.78 is 5.12. The number of carbonyl (C=O) groups excluding carboxylic acids is 2. The maximum Gasteiger partial charge on any atom is 0.408 e. The minimum Gasteiger partial charge on any atom is -0.445 e. The number of nitrogens with zero attached hydrogens (tertiary/aromatic N) is 1. The number of nitrogens with one attached hydrogen (secondary N) is 2. The third-order valence-corrected chi connectivity index (χ3v) is 3.85. The molecule has 6 nitrogen and oxygen atoms in total. The first-order chi connectivity index (χ1) is 11.2. The van der Waals surface area contributed by atoms with Gasteiger partial charge in [0.05, 0.1) is 6.07 Å². The third-order valence-electron chi connectivity index (χ3n) is 2.92. The second-order valence-electron chi connectivity index (χ2n) is 4.62. The normalized spacial score (nSPS) is 11.1. The predicted octanol–water partition coefficient (Wildman–Crippen LogP) is 2.06. The van der Waals surface area contributed by atoms with Gasteiger partial charge in [-0.25, -0.2) is 4.79 Å². The van der Waals surface area contributed by atoms with Crippen molar-refractivity contribution in [1.82, 2.24) is 10.6 Å². The first-order valence-corrected chi connectivity index (χ1v) is 8.52. The fourth-order valence-electron chi connectivity index (χ4n) is 1.77. The smallest absolute Gasteiger partial charge is 0.408 e. The van der Waals surface area contributed by atoms with Crippen LogP contribution in [-0.2, 0) is 16.1 Å². The number of nitriles is 1. The van der Waals surface area contributed by atoms with Crippen LogP contribution >= 0.6 is 11.8 Å². The summed E-state index contributed by atoms with van der Waals surface area (Å²) in [5, 5.41) is 13.5. The molecule has 2 N–H and O–H groups in total. The molecular formula is C16H21N3O3S. The lowest BCUT2D eigenvalue weighted by Crippen LogP contribution is -2.47. The Labute approximate surface area is 140 Å². The zero-order valence-electron chi connectivity index (χ0n) is 13.1. The standard InChI is InChI=1S/C16H21N3O3S/c1-2-23-11-8-14(15(20)18-10-9-17)19-16(21)22-12-13-6-4-3-5-7-13/h3-7,14H,2,8,10-12H2,1H3,(H,18,20)(H,19,21). The molecule has 0 saturated carbocycles. The maximum atomic E-state index is 12.0. The summed E-state index contributed by atoms with van der Waals surface area (Å²) in [6, 6.07) is 10.4. The van der Waals surface area contributed by atoms with E-state index >= 15 is 0 Å². The van der Waals surface area contributed by atoms with Crippen LogP contribution in [-0.4, -0.2) is 36.1 Å². The van der Waals surface area contributed by atoms with Gasteiger partial charge in [-0.3, -0.25) is 4.79 Å². The first-order valence-electron chi connectivity index (χ1n) is 7.37. The van der Waals surface area contributed by atoms with Crippen molar-refractivity contribution in [2.75, 3.05) is 18.1 Å². The second-order valence-corrected chi connectivity index (χ2v) is 6.01. The van der Waals surface area contributed by atoms with Gasteiger partial charge in [-0.15, -0.1) is 0 Å². The van der Waals surface area contributed by atoms with Crippen LogP contribution in [0.3, 0.4) is 0 Å². The molecule has 0 saturated heterocycles. The molecule has 0 spiro atoms. The lowest BCUT2D eigenvalue weighted by atomic mass is 10.2. The second kappa shape index (κ2) is 11.4. The Morgan fingerprint density at radius 3 is 2.74 bits per heavy atom. The van der Waals surface area contributed by atoms with Gasteiger partial charge in [0.2, 0.25) is 5.91 Å². The predicted molar refractivity (Wildman–Crippen MR) is 89.8 cm³/mol. The van der Waals surface area contributed by atoms with E-state index in [1.54, 1.807) is 11.8 Å². The van der Waals surface area contributed by atoms with Crippen molar-refractivity contribution in [3.63, 3.8) is 0 Å². The minimum absolute atomic E-state index is 0.0863. The number of rotatable bonds is 9. The van der Waals surface area contributed by atoms with E-state index in [9.17, 15) is 9.59 Å². The average Bonchev–Trinajstić information content (AvgIpc) is 2.58. The van der Waals surface area contributed by atoms with Crippen LogP contribution in [0.4, 0.5) is 4.79 Å². The Hall–Kier alpha value is -2.20. The number of amides is 2. The van der Waals surface area contributed by atoms with Gasteiger partial charge in [0.25, 0.3) is 0 Å². The number of hydrogen-bond donors (Lipinski definition) is 2. The molecule has 0 bridgehead atoms. The maximum absolute atomic E-state index is 12.0. The number of alkyl carbamates (subject to hydrolysis) is 1. The van der Waals surface area contributed by atoms with Crippen LogP contribution in [0.25, 0.3) is 0 Å². The zero-order valence-corrected chi connectivity index (χ0v) is 13.9. The quantitative estimate of drug-likeness (QED) is 0.532. The molecule has 23 heavy (non-hydrogen) atoms. The molecule has 7 heteroatoms. The number of carbonyl (C=O) groups is 2. The summed E-state index contributed by atoms with van der Waals surface area (Å²) >= 11 is 1.68. The molecule has 1 rings (SSSR count). The molecular weight excluding hydrogens is 314 g/mol. The van der Waals surface area contributed by atoms with Crippen LogP contribution < -0.4 is 10.6 Å². The SMILES string of the molecule is CCSCCC(NC(=O)OCc1ccccc1)C(=O)NCC#N. The van der Waals surface area contributed by atoms with Gasteiger partial charge in [0.15, 0.2) is 0 Å². The lowest BCUT2D eigenvalue weighted by Gasteiger charge is -2.17. The van der Waals surface area contributed by atoms with Crippen molar-refractivity contribution >= 4 is 23.8 Å². The third kappa shape index (κ3) is 8.12. The number of thioether (sulfide) groups is 1. The Morgan fingerprint density at radius 2 is 2.09 bits per heavy atom. The Kier molecular flexibility index (Phi) is 9.32. The highest BCUT2D eigenvalue weighted by molar-refractivity contribution is 7.99. The van der Waals surface area contributed by atoms with Gasteiger partial charge in [-0.1, -0.05) is 37.3 Å². The molecule has 0 heterocycles. The Morgan fingerprint density at radius 1 is 1.35 bits per heavy atom. The fraction of sp³-hybridized carbons (Fsp3) is 0.438. The number of benzene rings is 1. The van der Waals surface area contributed by atoms with Gasteiger partial charge >= 0.3 is 6.09 Å². The van der Waals surface area contributed by atoms with Crippen molar-refractivity contribution in [2.24, 2.45) is 0 Å². The van der Waals surface area contributed by atoms with Gasteiger partial charge in [-0.05, 0) is 23.5 Å². The molecule has 0 aromatic heterocycles. The molecule has 1 unspecified atom stereocenters. The number of hydrogen-bond acceptors (Lipinski definition) is 5. The zero-order chi connectivity index (χ0) is 16.9. The fourth-order valence-corrected chi connectivity index (χ4v) is 2.46. The van der Waals surface area contributed by atoms with Crippen molar-refractivity contribution in [2.45, 2.75) is 26.0 Å². The molecule has 124 valence electrons. The molecule has 0 aliphatic carbocycles. The molecule has 0 radical (unpaired) electrons. The summed E-state index contributed by atoms with van der Waals surface area (Å²) in [6.45, 7) is 2.08. The molecule has 0 aliphatic heterocycles. The molecule has 1 aromatic carbocycles. The van der Waals surface area contributed by atoms with Crippen molar-refractivity contribution in [3.05, 3.63) is 35.9 Å². The van der Waals surface area contributed by atoms with E-state index in [4.69, 9.17) is 10.00 Å². The summed E-state index contributed by atoms with van der Waals surface area (Å²) in [6.07, 6.45) is -0.164. The highest BCUT2D eigenvalue weighted by Gasteiger charge is 2.20. The molecule has 2 amide bonds.